The summed E-state index contributed by atoms with van der Waals surface area (Å²) in [5, 5.41) is 0. The lowest BCUT2D eigenvalue weighted by Gasteiger charge is -2.09. The Kier molecular flexibility index (Phi) is 1.79. The molecule has 0 atom stereocenters. The molecule has 1 aliphatic carbocycles. The van der Waals surface area contributed by atoms with E-state index in [-0.39, 0.29) is 0 Å². The van der Waals surface area contributed by atoms with Gasteiger partial charge in [-0.15, -0.1) is 23.2 Å². The van der Waals surface area contributed by atoms with Gasteiger partial charge in [0.1, 0.15) is 4.33 Å². The molecule has 1 aliphatic rings. The van der Waals surface area contributed by atoms with E-state index >= 15 is 0 Å². The highest BCUT2D eigenvalue weighted by molar-refractivity contribution is 6.48. The molecule has 1 rings (SSSR count). The van der Waals surface area contributed by atoms with Crippen molar-refractivity contribution >= 4 is 23.2 Å². The standard InChI is InChI=1S/C7H10Cl2/c1-5-3-7(8,9)4-6(5)2/h3-4H2,1-2H3. The quantitative estimate of drug-likeness (QED) is 0.381. The van der Waals surface area contributed by atoms with Gasteiger partial charge in [-0.1, -0.05) is 11.1 Å². The lowest BCUT2D eigenvalue weighted by atomic mass is 10.2. The monoisotopic (exact) mass is 164 g/mol. The summed E-state index contributed by atoms with van der Waals surface area (Å²) in [7, 11) is 0. The largest absolute Gasteiger partial charge is 0.125 e. The number of hydrogen-bond donors (Lipinski definition) is 0. The van der Waals surface area contributed by atoms with Gasteiger partial charge in [0.25, 0.3) is 0 Å². The molecule has 0 aliphatic heterocycles. The van der Waals surface area contributed by atoms with E-state index in [0.717, 1.165) is 12.8 Å². The molecule has 0 nitrogen and oxygen atoms in total. The summed E-state index contributed by atoms with van der Waals surface area (Å²) in [6, 6.07) is 0. The van der Waals surface area contributed by atoms with Crippen molar-refractivity contribution in [2.24, 2.45) is 0 Å². The van der Waals surface area contributed by atoms with Crippen LogP contribution in [0.1, 0.15) is 26.7 Å². The Morgan fingerprint density at radius 2 is 1.44 bits per heavy atom. The summed E-state index contributed by atoms with van der Waals surface area (Å²) in [6.07, 6.45) is 1.67. The lowest BCUT2D eigenvalue weighted by molar-refractivity contribution is 0.824. The van der Waals surface area contributed by atoms with E-state index in [1.165, 1.54) is 11.1 Å². The molecule has 0 radical (unpaired) electrons. The van der Waals surface area contributed by atoms with Crippen molar-refractivity contribution in [1.82, 2.24) is 0 Å². The SMILES string of the molecule is CC1=C(C)CC(Cl)(Cl)C1. The van der Waals surface area contributed by atoms with Crippen molar-refractivity contribution < 1.29 is 0 Å². The summed E-state index contributed by atoms with van der Waals surface area (Å²) in [6.45, 7) is 4.17. The van der Waals surface area contributed by atoms with Gasteiger partial charge in [-0.05, 0) is 13.8 Å². The molecule has 0 spiro atoms. The zero-order chi connectivity index (χ0) is 7.07. The van der Waals surface area contributed by atoms with Crippen LogP contribution < -0.4 is 0 Å². The highest BCUT2D eigenvalue weighted by atomic mass is 35.5. The van der Waals surface area contributed by atoms with Crippen LogP contribution in [0.5, 0.6) is 0 Å². The Balaban J connectivity index is 2.70. The van der Waals surface area contributed by atoms with Gasteiger partial charge < -0.3 is 0 Å². The fourth-order valence-corrected chi connectivity index (χ4v) is 1.94. The maximum atomic E-state index is 5.88. The first-order chi connectivity index (χ1) is 4.01. The van der Waals surface area contributed by atoms with Crippen molar-refractivity contribution in [2.75, 3.05) is 0 Å². The molecule has 0 amide bonds. The van der Waals surface area contributed by atoms with Crippen LogP contribution in [0, 0.1) is 0 Å². The third-order valence-electron chi connectivity index (χ3n) is 1.78. The van der Waals surface area contributed by atoms with E-state index in [1.54, 1.807) is 0 Å². The summed E-state index contributed by atoms with van der Waals surface area (Å²) in [4.78, 5) is 0. The highest BCUT2D eigenvalue weighted by Gasteiger charge is 2.30. The van der Waals surface area contributed by atoms with Crippen molar-refractivity contribution in [2.45, 2.75) is 31.0 Å². The number of rotatable bonds is 0. The van der Waals surface area contributed by atoms with Crippen LogP contribution in [0.25, 0.3) is 0 Å². The van der Waals surface area contributed by atoms with Crippen LogP contribution in [-0.4, -0.2) is 4.33 Å². The Morgan fingerprint density at radius 3 is 1.56 bits per heavy atom. The van der Waals surface area contributed by atoms with Gasteiger partial charge in [-0.2, -0.15) is 0 Å². The topological polar surface area (TPSA) is 0 Å². The van der Waals surface area contributed by atoms with Gasteiger partial charge in [-0.3, -0.25) is 0 Å². The number of halogens is 2. The second-order valence-corrected chi connectivity index (χ2v) is 4.41. The summed E-state index contributed by atoms with van der Waals surface area (Å²) >= 11 is 11.8. The van der Waals surface area contributed by atoms with Crippen molar-refractivity contribution in [3.63, 3.8) is 0 Å². The van der Waals surface area contributed by atoms with E-state index in [0.29, 0.717) is 0 Å². The number of allylic oxidation sites excluding steroid dienone is 2. The minimum absolute atomic E-state index is 0.492. The van der Waals surface area contributed by atoms with Crippen LogP contribution in [0.4, 0.5) is 0 Å². The van der Waals surface area contributed by atoms with Gasteiger partial charge in [0.15, 0.2) is 0 Å². The van der Waals surface area contributed by atoms with Gasteiger partial charge in [0, 0.05) is 12.8 Å². The Morgan fingerprint density at radius 1 is 1.11 bits per heavy atom. The second kappa shape index (κ2) is 2.17. The first-order valence-electron chi connectivity index (χ1n) is 3.04. The Labute approximate surface area is 65.8 Å². The van der Waals surface area contributed by atoms with E-state index in [4.69, 9.17) is 23.2 Å². The average molecular weight is 165 g/mol. The minimum Gasteiger partial charge on any atom is -0.101 e. The molecule has 0 fully saturated rings. The molecule has 0 heterocycles. The predicted octanol–water partition coefficient (Wildman–Crippen LogP) is 3.29. The van der Waals surface area contributed by atoms with Crippen LogP contribution in [0.2, 0.25) is 0 Å². The van der Waals surface area contributed by atoms with Crippen LogP contribution in [0.3, 0.4) is 0 Å². The third kappa shape index (κ3) is 1.62. The average Bonchev–Trinajstić information content (AvgIpc) is 1.79. The van der Waals surface area contributed by atoms with Crippen molar-refractivity contribution in [1.29, 1.82) is 0 Å². The molecule has 0 aromatic carbocycles. The van der Waals surface area contributed by atoms with E-state index in [9.17, 15) is 0 Å². The third-order valence-corrected chi connectivity index (χ3v) is 2.31. The normalized spacial score (nSPS) is 25.3. The smallest absolute Gasteiger partial charge is 0.101 e. The molecular weight excluding hydrogens is 155 g/mol. The van der Waals surface area contributed by atoms with Gasteiger partial charge in [-0.25, -0.2) is 0 Å². The number of hydrogen-bond acceptors (Lipinski definition) is 0. The molecular formula is C7H10Cl2. The van der Waals surface area contributed by atoms with Crippen LogP contribution in [-0.2, 0) is 0 Å². The van der Waals surface area contributed by atoms with Gasteiger partial charge in [0.05, 0.1) is 0 Å². The van der Waals surface area contributed by atoms with Crippen molar-refractivity contribution in [3.8, 4) is 0 Å². The zero-order valence-electron chi connectivity index (χ0n) is 5.67. The van der Waals surface area contributed by atoms with Crippen LogP contribution in [0.15, 0.2) is 11.1 Å². The Hall–Kier alpha value is 0.320. The number of alkyl halides is 2. The molecule has 0 unspecified atom stereocenters. The summed E-state index contributed by atoms with van der Waals surface area (Å²) < 4.78 is -0.492. The molecule has 0 N–H and O–H groups in total. The zero-order valence-corrected chi connectivity index (χ0v) is 7.18. The van der Waals surface area contributed by atoms with Gasteiger partial charge in [0.2, 0.25) is 0 Å². The van der Waals surface area contributed by atoms with Crippen molar-refractivity contribution in [3.05, 3.63) is 11.1 Å². The van der Waals surface area contributed by atoms with Gasteiger partial charge >= 0.3 is 0 Å². The molecule has 0 bridgehead atoms. The maximum Gasteiger partial charge on any atom is 0.125 e. The lowest BCUT2D eigenvalue weighted by Crippen LogP contribution is -2.05. The first kappa shape index (κ1) is 7.43. The molecule has 0 saturated heterocycles. The van der Waals surface area contributed by atoms with E-state index in [2.05, 4.69) is 13.8 Å². The molecule has 0 aromatic rings. The minimum atomic E-state index is -0.492. The fraction of sp³-hybridized carbons (Fsp3) is 0.714. The molecule has 2 heteroatoms. The summed E-state index contributed by atoms with van der Waals surface area (Å²) in [5.41, 5.74) is 2.69. The van der Waals surface area contributed by atoms with E-state index < -0.39 is 4.33 Å². The maximum absolute atomic E-state index is 5.88. The molecule has 9 heavy (non-hydrogen) atoms. The second-order valence-electron chi connectivity index (χ2n) is 2.77. The van der Waals surface area contributed by atoms with E-state index in [1.807, 2.05) is 0 Å². The molecule has 52 valence electrons. The molecule has 0 aromatic heterocycles. The fourth-order valence-electron chi connectivity index (χ4n) is 1.14. The Bertz CT molecular complexity index is 140. The predicted molar refractivity (Wildman–Crippen MR) is 42.0 cm³/mol. The highest BCUT2D eigenvalue weighted by Crippen LogP contribution is 2.42. The molecule has 0 saturated carbocycles. The first-order valence-corrected chi connectivity index (χ1v) is 3.80. The van der Waals surface area contributed by atoms with Crippen LogP contribution >= 0.6 is 23.2 Å². The summed E-state index contributed by atoms with van der Waals surface area (Å²) in [5.74, 6) is 0.